The van der Waals surface area contributed by atoms with Gasteiger partial charge in [0.2, 0.25) is 10.0 Å². The Kier molecular flexibility index (Phi) is 5.93. The molecule has 0 radical (unpaired) electrons. The van der Waals surface area contributed by atoms with Crippen LogP contribution in [-0.4, -0.2) is 46.6 Å². The van der Waals surface area contributed by atoms with E-state index in [-0.39, 0.29) is 28.8 Å². The van der Waals surface area contributed by atoms with Gasteiger partial charge in [0, 0.05) is 13.1 Å². The number of carboxylic acids is 1. The minimum absolute atomic E-state index is 0.0687. The van der Waals surface area contributed by atoms with E-state index in [1.165, 1.54) is 13.1 Å². The van der Waals surface area contributed by atoms with Crippen LogP contribution in [0.4, 0.5) is 10.2 Å². The molecule has 11 heteroatoms. The van der Waals surface area contributed by atoms with Crippen molar-refractivity contribution in [2.45, 2.75) is 16.5 Å². The van der Waals surface area contributed by atoms with Gasteiger partial charge < -0.3 is 10.8 Å². The number of carboxylic acid groups (broad SMARTS) is 1. The molecule has 2 rings (SSSR count). The SMILES string of the molecule is CN(Cc1nc(N)cc(SCC(=O)O)n1)S(=O)(=O)c1ccc(F)cc1. The smallest absolute Gasteiger partial charge is 0.313 e. The van der Waals surface area contributed by atoms with Crippen molar-refractivity contribution < 1.29 is 22.7 Å². The fraction of sp³-hybridized carbons (Fsp3) is 0.214. The van der Waals surface area contributed by atoms with Crippen molar-refractivity contribution in [3.63, 3.8) is 0 Å². The summed E-state index contributed by atoms with van der Waals surface area (Å²) in [7, 11) is -2.53. The molecule has 0 aliphatic heterocycles. The Labute approximate surface area is 147 Å². The topological polar surface area (TPSA) is 126 Å². The predicted octanol–water partition coefficient (Wildman–Crippen LogP) is 1.20. The summed E-state index contributed by atoms with van der Waals surface area (Å²) in [5.41, 5.74) is 5.66. The lowest BCUT2D eigenvalue weighted by Crippen LogP contribution is -2.27. The van der Waals surface area contributed by atoms with E-state index < -0.39 is 21.8 Å². The summed E-state index contributed by atoms with van der Waals surface area (Å²) >= 11 is 0.949. The number of aliphatic carboxylic acids is 1. The standard InChI is InChI=1S/C14H15FN4O4S2/c1-19(25(22,23)10-4-2-9(15)3-5-10)7-12-17-11(16)6-13(18-12)24-8-14(20)21/h2-6H,7-8H2,1H3,(H,20,21)(H2,16,17,18). The molecule has 0 bridgehead atoms. The number of rotatable bonds is 7. The molecule has 0 unspecified atom stereocenters. The zero-order chi connectivity index (χ0) is 18.6. The maximum absolute atomic E-state index is 13.0. The zero-order valence-electron chi connectivity index (χ0n) is 13.1. The molecule has 0 amide bonds. The van der Waals surface area contributed by atoms with Crippen LogP contribution in [0.2, 0.25) is 0 Å². The summed E-state index contributed by atoms with van der Waals surface area (Å²) in [4.78, 5) is 18.6. The number of thioether (sulfide) groups is 1. The number of hydrogen-bond acceptors (Lipinski definition) is 7. The minimum atomic E-state index is -3.86. The van der Waals surface area contributed by atoms with E-state index >= 15 is 0 Å². The molecule has 1 aromatic heterocycles. The van der Waals surface area contributed by atoms with Crippen LogP contribution in [0.15, 0.2) is 40.3 Å². The first-order chi connectivity index (χ1) is 11.7. The molecule has 0 saturated carbocycles. The largest absolute Gasteiger partial charge is 0.481 e. The van der Waals surface area contributed by atoms with Crippen LogP contribution in [0.1, 0.15) is 5.82 Å². The Morgan fingerprint density at radius 3 is 2.56 bits per heavy atom. The van der Waals surface area contributed by atoms with Crippen LogP contribution in [-0.2, 0) is 21.4 Å². The maximum Gasteiger partial charge on any atom is 0.313 e. The molecular weight excluding hydrogens is 371 g/mol. The van der Waals surface area contributed by atoms with E-state index in [1.807, 2.05) is 0 Å². The van der Waals surface area contributed by atoms with E-state index in [0.29, 0.717) is 5.03 Å². The summed E-state index contributed by atoms with van der Waals surface area (Å²) in [6, 6.07) is 5.84. The number of nitrogens with zero attached hydrogens (tertiary/aromatic N) is 3. The van der Waals surface area contributed by atoms with Crippen LogP contribution in [0.3, 0.4) is 0 Å². The van der Waals surface area contributed by atoms with Gasteiger partial charge >= 0.3 is 5.97 Å². The monoisotopic (exact) mass is 386 g/mol. The third-order valence-electron chi connectivity index (χ3n) is 3.00. The number of nitrogen functional groups attached to an aromatic ring is 1. The van der Waals surface area contributed by atoms with Crippen LogP contribution >= 0.6 is 11.8 Å². The van der Waals surface area contributed by atoms with Crippen molar-refractivity contribution in [2.75, 3.05) is 18.5 Å². The fourth-order valence-corrected chi connectivity index (χ4v) is 3.61. The van der Waals surface area contributed by atoms with Crippen LogP contribution in [0.5, 0.6) is 0 Å². The highest BCUT2D eigenvalue weighted by Gasteiger charge is 2.22. The van der Waals surface area contributed by atoms with Crippen LogP contribution in [0, 0.1) is 5.82 Å². The number of nitrogens with two attached hydrogens (primary N) is 1. The number of sulfonamides is 1. The molecule has 0 aliphatic carbocycles. The van der Waals surface area contributed by atoms with E-state index in [4.69, 9.17) is 10.8 Å². The first-order valence-electron chi connectivity index (χ1n) is 6.88. The van der Waals surface area contributed by atoms with Crippen molar-refractivity contribution in [3.8, 4) is 0 Å². The molecule has 1 aromatic carbocycles. The first-order valence-corrected chi connectivity index (χ1v) is 9.31. The second-order valence-corrected chi connectivity index (χ2v) is 7.99. The quantitative estimate of drug-likeness (QED) is 0.537. The van der Waals surface area contributed by atoms with Gasteiger partial charge in [0.05, 0.1) is 17.2 Å². The summed E-state index contributed by atoms with van der Waals surface area (Å²) < 4.78 is 38.9. The van der Waals surface area contributed by atoms with E-state index in [1.54, 1.807) is 0 Å². The molecule has 0 fully saturated rings. The fourth-order valence-electron chi connectivity index (χ4n) is 1.84. The molecule has 0 spiro atoms. The highest BCUT2D eigenvalue weighted by Crippen LogP contribution is 2.20. The van der Waals surface area contributed by atoms with Crippen molar-refractivity contribution in [2.24, 2.45) is 0 Å². The predicted molar refractivity (Wildman–Crippen MR) is 89.9 cm³/mol. The summed E-state index contributed by atoms with van der Waals surface area (Å²) in [5, 5.41) is 9.03. The second-order valence-electron chi connectivity index (χ2n) is 4.94. The molecule has 0 aliphatic rings. The van der Waals surface area contributed by atoms with Gasteiger partial charge in [-0.05, 0) is 24.3 Å². The normalized spacial score (nSPS) is 11.6. The lowest BCUT2D eigenvalue weighted by molar-refractivity contribution is -0.133. The molecule has 1 heterocycles. The van der Waals surface area contributed by atoms with Gasteiger partial charge in [-0.25, -0.2) is 22.8 Å². The maximum atomic E-state index is 13.0. The number of anilines is 1. The molecule has 0 saturated heterocycles. The molecule has 3 N–H and O–H groups in total. The van der Waals surface area contributed by atoms with Gasteiger partial charge in [-0.3, -0.25) is 4.79 Å². The van der Waals surface area contributed by atoms with Crippen LogP contribution in [0.25, 0.3) is 0 Å². The van der Waals surface area contributed by atoms with Gasteiger partial charge in [-0.1, -0.05) is 11.8 Å². The highest BCUT2D eigenvalue weighted by atomic mass is 32.2. The summed E-state index contributed by atoms with van der Waals surface area (Å²) in [5.74, 6) is -1.54. The van der Waals surface area contributed by atoms with Gasteiger partial charge in [0.1, 0.15) is 22.5 Å². The van der Waals surface area contributed by atoms with E-state index in [0.717, 1.165) is 40.3 Å². The Bertz CT molecular complexity index is 875. The molecule has 134 valence electrons. The number of aromatic nitrogens is 2. The van der Waals surface area contributed by atoms with Gasteiger partial charge in [0.25, 0.3) is 0 Å². The Morgan fingerprint density at radius 1 is 1.32 bits per heavy atom. The molecule has 8 nitrogen and oxygen atoms in total. The first kappa shape index (κ1) is 19.1. The molecular formula is C14H15FN4O4S2. The van der Waals surface area contributed by atoms with E-state index in [9.17, 15) is 17.6 Å². The zero-order valence-corrected chi connectivity index (χ0v) is 14.7. The molecule has 25 heavy (non-hydrogen) atoms. The summed E-state index contributed by atoms with van der Waals surface area (Å²) in [6.07, 6.45) is 0. The third kappa shape index (κ3) is 5.11. The average Bonchev–Trinajstić information content (AvgIpc) is 2.52. The average molecular weight is 386 g/mol. The summed E-state index contributed by atoms with van der Waals surface area (Å²) in [6.45, 7) is -0.175. The number of benzene rings is 1. The Hall–Kier alpha value is -2.24. The van der Waals surface area contributed by atoms with Crippen molar-refractivity contribution in [3.05, 3.63) is 42.0 Å². The lowest BCUT2D eigenvalue weighted by Gasteiger charge is -2.17. The van der Waals surface area contributed by atoms with Gasteiger partial charge in [-0.2, -0.15) is 4.31 Å². The van der Waals surface area contributed by atoms with Crippen molar-refractivity contribution in [1.82, 2.24) is 14.3 Å². The number of carbonyl (C=O) groups is 1. The number of hydrogen-bond donors (Lipinski definition) is 2. The van der Waals surface area contributed by atoms with Crippen LogP contribution < -0.4 is 5.73 Å². The number of halogens is 1. The Balaban J connectivity index is 2.20. The van der Waals surface area contributed by atoms with Gasteiger partial charge in [-0.15, -0.1) is 0 Å². The van der Waals surface area contributed by atoms with Crippen molar-refractivity contribution >= 4 is 33.6 Å². The third-order valence-corrected chi connectivity index (χ3v) is 5.71. The lowest BCUT2D eigenvalue weighted by atomic mass is 10.4. The van der Waals surface area contributed by atoms with Gasteiger partial charge in [0.15, 0.2) is 0 Å². The highest BCUT2D eigenvalue weighted by molar-refractivity contribution is 7.99. The Morgan fingerprint density at radius 2 is 1.96 bits per heavy atom. The molecule has 2 aromatic rings. The second kappa shape index (κ2) is 7.76. The van der Waals surface area contributed by atoms with Crippen molar-refractivity contribution in [1.29, 1.82) is 0 Å². The minimum Gasteiger partial charge on any atom is -0.481 e. The molecule has 0 atom stereocenters. The van der Waals surface area contributed by atoms with E-state index in [2.05, 4.69) is 9.97 Å².